The number of benzene rings is 3. The maximum atomic E-state index is 10.9. The molecule has 0 aliphatic rings. The molecule has 29 heavy (non-hydrogen) atoms. The van der Waals surface area contributed by atoms with Crippen molar-refractivity contribution in [3.8, 4) is 11.5 Å². The number of rotatable bonds is 6. The van der Waals surface area contributed by atoms with Crippen molar-refractivity contribution in [2.45, 2.75) is 32.8 Å². The molecule has 0 bridgehead atoms. The molecule has 3 rings (SSSR count). The smallest absolute Gasteiger partial charge is 0.169 e. The molecule has 0 saturated carbocycles. The largest absolute Gasteiger partial charge is 0.505 e. The van der Waals surface area contributed by atoms with Gasteiger partial charge in [0.25, 0.3) is 0 Å². The number of hydrogen-bond donors (Lipinski definition) is 1. The predicted octanol–water partition coefficient (Wildman–Crippen LogP) is 7.33. The lowest BCUT2D eigenvalue weighted by atomic mass is 9.86. The summed E-state index contributed by atoms with van der Waals surface area (Å²) in [5.41, 5.74) is 3.67. The Morgan fingerprint density at radius 1 is 0.931 bits per heavy atom. The molecule has 0 saturated heterocycles. The van der Waals surface area contributed by atoms with Crippen molar-refractivity contribution >= 4 is 17.5 Å². The van der Waals surface area contributed by atoms with E-state index < -0.39 is 0 Å². The highest BCUT2D eigenvalue weighted by Gasteiger charge is 2.23. The molecule has 0 aliphatic carbocycles. The molecular formula is C25H26N2O2. The fourth-order valence-electron chi connectivity index (χ4n) is 2.89. The molecule has 0 unspecified atom stereocenters. The fraction of sp³-hybridized carbons (Fsp3) is 0.200. The Morgan fingerprint density at radius 2 is 1.62 bits per heavy atom. The molecule has 0 heterocycles. The van der Waals surface area contributed by atoms with Crippen molar-refractivity contribution in [1.82, 2.24) is 0 Å². The summed E-state index contributed by atoms with van der Waals surface area (Å²) < 4.78 is 5.99. The van der Waals surface area contributed by atoms with E-state index in [-0.39, 0.29) is 11.2 Å². The van der Waals surface area contributed by atoms with E-state index in [0.717, 1.165) is 16.7 Å². The third-order valence-electron chi connectivity index (χ3n) is 4.55. The molecule has 0 aliphatic heterocycles. The van der Waals surface area contributed by atoms with Gasteiger partial charge < -0.3 is 9.84 Å². The number of phenols is 1. The Morgan fingerprint density at radius 3 is 2.24 bits per heavy atom. The Labute approximate surface area is 172 Å². The van der Waals surface area contributed by atoms with E-state index in [1.165, 1.54) is 0 Å². The summed E-state index contributed by atoms with van der Waals surface area (Å²) in [6.45, 7) is 10.3. The molecule has 0 fully saturated rings. The number of ether oxygens (including phenoxy) is 1. The van der Waals surface area contributed by atoms with Crippen LogP contribution in [0.15, 0.2) is 83.5 Å². The van der Waals surface area contributed by atoms with Crippen LogP contribution in [-0.4, -0.2) is 5.11 Å². The zero-order chi connectivity index (χ0) is 20.9. The van der Waals surface area contributed by atoms with E-state index in [9.17, 15) is 5.11 Å². The second kappa shape index (κ2) is 8.74. The van der Waals surface area contributed by atoms with Crippen LogP contribution < -0.4 is 4.74 Å². The molecule has 0 spiro atoms. The minimum atomic E-state index is -0.236. The summed E-state index contributed by atoms with van der Waals surface area (Å²) in [7, 11) is 0. The summed E-state index contributed by atoms with van der Waals surface area (Å²) in [6, 6.07) is 21.1. The third kappa shape index (κ3) is 5.11. The molecule has 4 nitrogen and oxygen atoms in total. The monoisotopic (exact) mass is 386 g/mol. The van der Waals surface area contributed by atoms with Crippen molar-refractivity contribution in [1.29, 1.82) is 0 Å². The van der Waals surface area contributed by atoms with Gasteiger partial charge in [-0.15, -0.1) is 5.11 Å². The number of phenolic OH excluding ortho intramolecular Hbond substituents is 1. The minimum Gasteiger partial charge on any atom is -0.505 e. The molecule has 3 aromatic rings. The van der Waals surface area contributed by atoms with Crippen LogP contribution in [0.25, 0.3) is 6.08 Å². The summed E-state index contributed by atoms with van der Waals surface area (Å²) in [5.74, 6) is 0.583. The first-order valence-corrected chi connectivity index (χ1v) is 9.56. The van der Waals surface area contributed by atoms with Gasteiger partial charge in [0.2, 0.25) is 0 Å². The van der Waals surface area contributed by atoms with Crippen molar-refractivity contribution in [3.05, 3.63) is 90.0 Å². The summed E-state index contributed by atoms with van der Waals surface area (Å²) >= 11 is 0. The van der Waals surface area contributed by atoms with Gasteiger partial charge in [0, 0.05) is 5.56 Å². The molecule has 0 aromatic heterocycles. The normalized spacial score (nSPS) is 11.6. The average Bonchev–Trinajstić information content (AvgIpc) is 2.71. The van der Waals surface area contributed by atoms with Gasteiger partial charge >= 0.3 is 0 Å². The minimum absolute atomic E-state index is 0.0942. The first kappa shape index (κ1) is 20.3. The van der Waals surface area contributed by atoms with Gasteiger partial charge in [-0.2, -0.15) is 5.11 Å². The van der Waals surface area contributed by atoms with Crippen molar-refractivity contribution in [2.75, 3.05) is 0 Å². The molecule has 148 valence electrons. The summed E-state index contributed by atoms with van der Waals surface area (Å²) in [6.07, 6.45) is 1.80. The number of azo groups is 1. The molecular weight excluding hydrogens is 360 g/mol. The highest BCUT2D eigenvalue weighted by atomic mass is 16.5. The lowest BCUT2D eigenvalue weighted by Crippen LogP contribution is -2.11. The molecule has 1 N–H and O–H groups in total. The predicted molar refractivity (Wildman–Crippen MR) is 118 cm³/mol. The number of hydrogen-bond acceptors (Lipinski definition) is 4. The van der Waals surface area contributed by atoms with Crippen LogP contribution in [0.5, 0.6) is 11.5 Å². The first-order valence-electron chi connectivity index (χ1n) is 9.56. The number of nitrogens with zero attached hydrogens (tertiary/aromatic N) is 2. The van der Waals surface area contributed by atoms with Crippen LogP contribution in [0.1, 0.15) is 37.5 Å². The van der Waals surface area contributed by atoms with Crippen LogP contribution in [0.3, 0.4) is 0 Å². The van der Waals surface area contributed by atoms with E-state index in [1.54, 1.807) is 6.08 Å². The second-order valence-corrected chi connectivity index (χ2v) is 7.83. The van der Waals surface area contributed by atoms with Gasteiger partial charge in [-0.25, -0.2) is 0 Å². The highest BCUT2D eigenvalue weighted by Crippen LogP contribution is 2.44. The van der Waals surface area contributed by atoms with E-state index in [4.69, 9.17) is 4.74 Å². The Hall–Kier alpha value is -3.40. The lowest BCUT2D eigenvalue weighted by Gasteiger charge is -2.22. The van der Waals surface area contributed by atoms with Crippen molar-refractivity contribution in [2.24, 2.45) is 10.2 Å². The fourth-order valence-corrected chi connectivity index (χ4v) is 2.89. The standard InChI is InChI=1S/C25H26N2O2/c1-5-18-11-13-19(14-12-18)17-29-22-16-15-21(25(2,3)4)24(28)23(22)27-26-20-9-7-6-8-10-20/h5-16,28H,1,17H2,2-4H3. The van der Waals surface area contributed by atoms with Crippen LogP contribution in [0.4, 0.5) is 11.4 Å². The molecule has 0 amide bonds. The molecule has 4 heteroatoms. The number of aromatic hydroxyl groups is 1. The van der Waals surface area contributed by atoms with Gasteiger partial charge in [0.15, 0.2) is 17.2 Å². The lowest BCUT2D eigenvalue weighted by molar-refractivity contribution is 0.305. The maximum absolute atomic E-state index is 10.9. The Balaban J connectivity index is 1.93. The topological polar surface area (TPSA) is 54.2 Å². The molecule has 0 atom stereocenters. The van der Waals surface area contributed by atoms with Gasteiger partial charge in [0.1, 0.15) is 6.61 Å². The van der Waals surface area contributed by atoms with Crippen LogP contribution in [0.2, 0.25) is 0 Å². The van der Waals surface area contributed by atoms with E-state index in [0.29, 0.717) is 23.7 Å². The SMILES string of the molecule is C=Cc1ccc(COc2ccc(C(C)(C)C)c(O)c2N=Nc2ccccc2)cc1. The van der Waals surface area contributed by atoms with Crippen LogP contribution in [-0.2, 0) is 12.0 Å². The van der Waals surface area contributed by atoms with Crippen LogP contribution >= 0.6 is 0 Å². The molecule has 3 aromatic carbocycles. The van der Waals surface area contributed by atoms with Gasteiger partial charge in [-0.05, 0) is 34.7 Å². The Kier molecular flexibility index (Phi) is 6.13. The first-order chi connectivity index (χ1) is 13.9. The van der Waals surface area contributed by atoms with Crippen molar-refractivity contribution in [3.63, 3.8) is 0 Å². The maximum Gasteiger partial charge on any atom is 0.169 e. The molecule has 0 radical (unpaired) electrons. The van der Waals surface area contributed by atoms with Crippen LogP contribution in [0, 0.1) is 0 Å². The summed E-state index contributed by atoms with van der Waals surface area (Å²) in [4.78, 5) is 0. The zero-order valence-corrected chi connectivity index (χ0v) is 17.1. The van der Waals surface area contributed by atoms with Crippen molar-refractivity contribution < 1.29 is 9.84 Å². The second-order valence-electron chi connectivity index (χ2n) is 7.83. The Bertz CT molecular complexity index is 1000. The third-order valence-corrected chi connectivity index (χ3v) is 4.55. The average molecular weight is 386 g/mol. The van der Waals surface area contributed by atoms with Gasteiger partial charge in [0.05, 0.1) is 5.69 Å². The van der Waals surface area contributed by atoms with Gasteiger partial charge in [-0.3, -0.25) is 0 Å². The zero-order valence-electron chi connectivity index (χ0n) is 17.1. The van der Waals surface area contributed by atoms with E-state index in [2.05, 4.69) is 16.8 Å². The van der Waals surface area contributed by atoms with E-state index in [1.807, 2.05) is 87.5 Å². The highest BCUT2D eigenvalue weighted by molar-refractivity contribution is 5.66. The van der Waals surface area contributed by atoms with E-state index >= 15 is 0 Å². The quantitative estimate of drug-likeness (QED) is 0.451. The summed E-state index contributed by atoms with van der Waals surface area (Å²) in [5, 5.41) is 19.5. The van der Waals surface area contributed by atoms with Gasteiger partial charge in [-0.1, -0.05) is 82.0 Å².